The molecule has 0 aliphatic heterocycles. The molecule has 0 bridgehead atoms. The van der Waals surface area contributed by atoms with Crippen molar-refractivity contribution < 1.29 is 28.2 Å². The number of aliphatic carboxylic acids is 1. The Labute approximate surface area is 138 Å². The van der Waals surface area contributed by atoms with Crippen LogP contribution in [0.3, 0.4) is 0 Å². The first-order chi connectivity index (χ1) is 11.4. The fourth-order valence-electron chi connectivity index (χ4n) is 2.21. The first-order valence-corrected chi connectivity index (χ1v) is 8.36. The molecule has 2 N–H and O–H groups in total. The summed E-state index contributed by atoms with van der Waals surface area (Å²) in [6.45, 7) is 0. The van der Waals surface area contributed by atoms with Crippen molar-refractivity contribution in [1.29, 1.82) is 0 Å². The molecule has 8 heteroatoms. The highest BCUT2D eigenvalue weighted by Gasteiger charge is 2.34. The van der Waals surface area contributed by atoms with E-state index in [-0.39, 0.29) is 22.6 Å². The Morgan fingerprint density at radius 2 is 1.67 bits per heavy atom. The van der Waals surface area contributed by atoms with Gasteiger partial charge in [0.25, 0.3) is 10.0 Å². The van der Waals surface area contributed by atoms with E-state index in [1.807, 2.05) is 0 Å². The van der Waals surface area contributed by atoms with Gasteiger partial charge in [0.2, 0.25) is 0 Å². The first kappa shape index (κ1) is 17.5. The molecule has 2 aromatic rings. The van der Waals surface area contributed by atoms with Crippen LogP contribution in [0.25, 0.3) is 0 Å². The van der Waals surface area contributed by atoms with Gasteiger partial charge < -0.3 is 15.0 Å². The lowest BCUT2D eigenvalue weighted by Gasteiger charge is -2.29. The highest BCUT2D eigenvalue weighted by molar-refractivity contribution is 7.93. The van der Waals surface area contributed by atoms with E-state index >= 15 is 0 Å². The maximum atomic E-state index is 12.9. The molecular formula is C16H15NO6S. The van der Waals surface area contributed by atoms with E-state index in [4.69, 9.17) is 5.11 Å². The second-order valence-electron chi connectivity index (χ2n) is 4.90. The van der Waals surface area contributed by atoms with Crippen molar-refractivity contribution in [3.05, 3.63) is 54.6 Å². The Kier molecular flexibility index (Phi) is 5.20. The SMILES string of the molecule is O=CC(CC(=O)O)N(c1ccccc1O)S(=O)(=O)c1ccccc1. The molecule has 0 radical (unpaired) electrons. The minimum absolute atomic E-state index is 0.120. The zero-order chi connectivity index (χ0) is 17.7. The molecule has 1 atom stereocenters. The minimum Gasteiger partial charge on any atom is -0.506 e. The van der Waals surface area contributed by atoms with Crippen LogP contribution in [-0.4, -0.2) is 36.9 Å². The predicted molar refractivity (Wildman–Crippen MR) is 86.3 cm³/mol. The zero-order valence-corrected chi connectivity index (χ0v) is 13.3. The highest BCUT2D eigenvalue weighted by atomic mass is 32.2. The van der Waals surface area contributed by atoms with Gasteiger partial charge in [-0.25, -0.2) is 8.42 Å². The number of carbonyl (C=O) groups is 2. The molecule has 2 rings (SSSR count). The molecule has 2 aromatic carbocycles. The fourth-order valence-corrected chi connectivity index (χ4v) is 3.83. The van der Waals surface area contributed by atoms with Gasteiger partial charge in [0.05, 0.1) is 17.0 Å². The number of phenols is 1. The predicted octanol–water partition coefficient (Wildman–Crippen LogP) is 1.63. The molecule has 0 amide bonds. The van der Waals surface area contributed by atoms with Crippen molar-refractivity contribution in [2.45, 2.75) is 17.4 Å². The summed E-state index contributed by atoms with van der Waals surface area (Å²) in [7, 11) is -4.25. The lowest BCUT2D eigenvalue weighted by atomic mass is 10.2. The molecule has 1 unspecified atom stereocenters. The number of carboxylic acids is 1. The monoisotopic (exact) mass is 349 g/mol. The van der Waals surface area contributed by atoms with Crippen LogP contribution in [0.5, 0.6) is 5.75 Å². The molecule has 24 heavy (non-hydrogen) atoms. The summed E-state index contributed by atoms with van der Waals surface area (Å²) < 4.78 is 26.5. The van der Waals surface area contributed by atoms with E-state index < -0.39 is 28.5 Å². The molecule has 0 saturated carbocycles. The number of rotatable bonds is 7. The van der Waals surface area contributed by atoms with Gasteiger partial charge in [-0.2, -0.15) is 0 Å². The first-order valence-electron chi connectivity index (χ1n) is 6.92. The third kappa shape index (κ3) is 3.54. The number of sulfonamides is 1. The van der Waals surface area contributed by atoms with Crippen LogP contribution < -0.4 is 4.31 Å². The lowest BCUT2D eigenvalue weighted by molar-refractivity contribution is -0.138. The van der Waals surface area contributed by atoms with Crippen LogP contribution >= 0.6 is 0 Å². The summed E-state index contributed by atoms with van der Waals surface area (Å²) in [4.78, 5) is 22.3. The van der Waals surface area contributed by atoms with Gasteiger partial charge in [-0.3, -0.25) is 9.10 Å². The summed E-state index contributed by atoms with van der Waals surface area (Å²) in [5.74, 6) is -1.72. The summed E-state index contributed by atoms with van der Waals surface area (Å²) in [5.41, 5.74) is -0.167. The second kappa shape index (κ2) is 7.14. The average Bonchev–Trinajstić information content (AvgIpc) is 2.56. The number of hydrogen-bond acceptors (Lipinski definition) is 5. The molecule has 0 spiro atoms. The van der Waals surface area contributed by atoms with Crippen LogP contribution in [0.2, 0.25) is 0 Å². The Balaban J connectivity index is 2.65. The third-order valence-corrected chi connectivity index (χ3v) is 5.11. The normalized spacial score (nSPS) is 12.3. The Morgan fingerprint density at radius 3 is 2.21 bits per heavy atom. The fraction of sp³-hybridized carbons (Fsp3) is 0.125. The molecule has 126 valence electrons. The maximum absolute atomic E-state index is 12.9. The zero-order valence-electron chi connectivity index (χ0n) is 12.4. The molecular weight excluding hydrogens is 334 g/mol. The Bertz CT molecular complexity index is 835. The van der Waals surface area contributed by atoms with Gasteiger partial charge in [-0.1, -0.05) is 30.3 Å². The second-order valence-corrected chi connectivity index (χ2v) is 6.72. The van der Waals surface area contributed by atoms with E-state index in [0.717, 1.165) is 0 Å². The van der Waals surface area contributed by atoms with Crippen LogP contribution in [0.15, 0.2) is 59.5 Å². The smallest absolute Gasteiger partial charge is 0.305 e. The van der Waals surface area contributed by atoms with E-state index in [2.05, 4.69) is 0 Å². The molecule has 0 aliphatic rings. The molecule has 0 fully saturated rings. The summed E-state index contributed by atoms with van der Waals surface area (Å²) in [6, 6.07) is 11.3. The molecule has 0 aliphatic carbocycles. The number of hydrogen-bond donors (Lipinski definition) is 2. The molecule has 7 nitrogen and oxygen atoms in total. The Morgan fingerprint density at radius 1 is 1.08 bits per heavy atom. The van der Waals surface area contributed by atoms with Gasteiger partial charge in [0.1, 0.15) is 18.1 Å². The van der Waals surface area contributed by atoms with Gasteiger partial charge in [0.15, 0.2) is 0 Å². The van der Waals surface area contributed by atoms with Gasteiger partial charge in [-0.15, -0.1) is 0 Å². The number of carbonyl (C=O) groups excluding carboxylic acids is 1. The van der Waals surface area contributed by atoms with Crippen molar-refractivity contribution in [1.82, 2.24) is 0 Å². The van der Waals surface area contributed by atoms with Gasteiger partial charge >= 0.3 is 5.97 Å². The largest absolute Gasteiger partial charge is 0.506 e. The van der Waals surface area contributed by atoms with Crippen LogP contribution in [0.1, 0.15) is 6.42 Å². The summed E-state index contributed by atoms with van der Waals surface area (Å²) in [5, 5.41) is 19.0. The van der Waals surface area contributed by atoms with Crippen LogP contribution in [0.4, 0.5) is 5.69 Å². The van der Waals surface area contributed by atoms with E-state index in [1.165, 1.54) is 48.5 Å². The summed E-state index contributed by atoms with van der Waals surface area (Å²) >= 11 is 0. The van der Waals surface area contributed by atoms with Crippen LogP contribution in [-0.2, 0) is 19.6 Å². The summed E-state index contributed by atoms with van der Waals surface area (Å²) in [6.07, 6.45) is -0.495. The quantitative estimate of drug-likeness (QED) is 0.735. The number of nitrogens with zero attached hydrogens (tertiary/aromatic N) is 1. The van der Waals surface area contributed by atoms with E-state index in [9.17, 15) is 23.1 Å². The standard InChI is InChI=1S/C16H15NO6S/c18-11-12(10-16(20)21)17(14-8-4-5-9-15(14)19)24(22,23)13-6-2-1-3-7-13/h1-9,11-12,19H,10H2,(H,20,21). The van der Waals surface area contributed by atoms with Crippen molar-refractivity contribution in [2.24, 2.45) is 0 Å². The van der Waals surface area contributed by atoms with Crippen molar-refractivity contribution in [2.75, 3.05) is 4.31 Å². The molecule has 0 heterocycles. The average molecular weight is 349 g/mol. The number of carboxylic acid groups (broad SMARTS) is 1. The topological polar surface area (TPSA) is 112 Å². The lowest BCUT2D eigenvalue weighted by Crippen LogP contribution is -2.42. The third-order valence-electron chi connectivity index (χ3n) is 3.26. The van der Waals surface area contributed by atoms with Gasteiger partial charge in [0, 0.05) is 0 Å². The number of aromatic hydroxyl groups is 1. The van der Waals surface area contributed by atoms with E-state index in [1.54, 1.807) is 6.07 Å². The van der Waals surface area contributed by atoms with Crippen molar-refractivity contribution in [3.8, 4) is 5.75 Å². The number of phenolic OH excluding ortho intramolecular Hbond substituents is 1. The van der Waals surface area contributed by atoms with Crippen molar-refractivity contribution >= 4 is 28.0 Å². The highest BCUT2D eigenvalue weighted by Crippen LogP contribution is 2.33. The number of para-hydroxylation sites is 2. The maximum Gasteiger partial charge on any atom is 0.305 e. The van der Waals surface area contributed by atoms with Crippen LogP contribution in [0, 0.1) is 0 Å². The van der Waals surface area contributed by atoms with E-state index in [0.29, 0.717) is 4.31 Å². The number of benzene rings is 2. The Hall–Kier alpha value is -2.87. The molecule has 0 saturated heterocycles. The number of aldehydes is 1. The number of anilines is 1. The van der Waals surface area contributed by atoms with Gasteiger partial charge in [-0.05, 0) is 24.3 Å². The minimum atomic E-state index is -4.25. The van der Waals surface area contributed by atoms with Crippen molar-refractivity contribution in [3.63, 3.8) is 0 Å². The molecule has 0 aromatic heterocycles.